The van der Waals surface area contributed by atoms with E-state index in [4.69, 9.17) is 15.2 Å². The molecule has 3 N–H and O–H groups in total. The predicted molar refractivity (Wildman–Crippen MR) is 141 cm³/mol. The Bertz CT molecular complexity index is 1110. The average Bonchev–Trinajstić information content (AvgIpc) is 3.28. The first kappa shape index (κ1) is 24.9. The Labute approximate surface area is 212 Å². The van der Waals surface area contributed by atoms with Crippen LogP contribution < -0.4 is 15.8 Å². The number of aromatic nitrogens is 1. The fourth-order valence-corrected chi connectivity index (χ4v) is 5.59. The predicted octanol–water partition coefficient (Wildman–Crippen LogP) is 4.84. The minimum absolute atomic E-state index is 0.114. The van der Waals surface area contributed by atoms with Gasteiger partial charge in [-0.3, -0.25) is 4.79 Å². The average molecular weight is 548 g/mol. The summed E-state index contributed by atoms with van der Waals surface area (Å²) >= 11 is 4.92. The third-order valence-electron chi connectivity index (χ3n) is 6.14. The molecular formula is C25H31BrN4O3S. The molecule has 1 saturated heterocycles. The second-order valence-corrected chi connectivity index (χ2v) is 10.3. The van der Waals surface area contributed by atoms with Gasteiger partial charge < -0.3 is 25.4 Å². The number of likely N-dealkylation sites (tertiary alicyclic amines) is 1. The van der Waals surface area contributed by atoms with Crippen LogP contribution >= 0.6 is 27.3 Å². The summed E-state index contributed by atoms with van der Waals surface area (Å²) in [7, 11) is 1.79. The van der Waals surface area contributed by atoms with E-state index in [1.165, 1.54) is 17.8 Å². The quantitative estimate of drug-likeness (QED) is 0.353. The van der Waals surface area contributed by atoms with Gasteiger partial charge in [0.2, 0.25) is 0 Å². The van der Waals surface area contributed by atoms with Crippen LogP contribution in [0.5, 0.6) is 5.75 Å². The van der Waals surface area contributed by atoms with Gasteiger partial charge in [-0.15, -0.1) is 11.3 Å². The number of carbonyl (C=O) groups is 1. The molecule has 1 aliphatic heterocycles. The third kappa shape index (κ3) is 6.27. The number of benzene rings is 1. The van der Waals surface area contributed by atoms with Gasteiger partial charge in [0.05, 0.1) is 16.4 Å². The fraction of sp³-hybridized carbons (Fsp3) is 0.440. The summed E-state index contributed by atoms with van der Waals surface area (Å²) in [5.41, 5.74) is 7.67. The molecule has 1 atom stereocenters. The van der Waals surface area contributed by atoms with Gasteiger partial charge in [-0.25, -0.2) is 4.98 Å². The number of ether oxygens (including phenoxy) is 2. The van der Waals surface area contributed by atoms with Gasteiger partial charge in [-0.05, 0) is 68.4 Å². The topological polar surface area (TPSA) is 89.7 Å². The normalized spacial score (nSPS) is 16.6. The number of halogens is 1. The number of methoxy groups -OCH3 is 1. The molecule has 0 saturated carbocycles. The van der Waals surface area contributed by atoms with Crippen LogP contribution in [0.3, 0.4) is 0 Å². The molecule has 4 rings (SSSR count). The molecule has 2 aromatic heterocycles. The van der Waals surface area contributed by atoms with Gasteiger partial charge in [0, 0.05) is 41.8 Å². The van der Waals surface area contributed by atoms with Crippen LogP contribution in [0.4, 0.5) is 5.82 Å². The maximum atomic E-state index is 12.9. The molecule has 0 radical (unpaired) electrons. The summed E-state index contributed by atoms with van der Waals surface area (Å²) in [4.78, 5) is 19.6. The van der Waals surface area contributed by atoms with Crippen molar-refractivity contribution in [3.05, 3.63) is 51.4 Å². The Morgan fingerprint density at radius 2 is 2.15 bits per heavy atom. The van der Waals surface area contributed by atoms with Crippen LogP contribution in [0, 0.1) is 0 Å². The van der Waals surface area contributed by atoms with Crippen molar-refractivity contribution in [2.45, 2.75) is 38.4 Å². The zero-order valence-corrected chi connectivity index (χ0v) is 21.8. The Hall–Kier alpha value is -2.20. The van der Waals surface area contributed by atoms with E-state index < -0.39 is 0 Å². The molecule has 1 amide bonds. The number of nitrogens with zero attached hydrogens (tertiary/aromatic N) is 2. The lowest BCUT2D eigenvalue weighted by Crippen LogP contribution is -2.39. The monoisotopic (exact) mass is 546 g/mol. The summed E-state index contributed by atoms with van der Waals surface area (Å²) < 4.78 is 13.3. The lowest BCUT2D eigenvalue weighted by atomic mass is 10.1. The van der Waals surface area contributed by atoms with E-state index in [1.807, 2.05) is 29.6 Å². The standard InChI is InChI=1S/C25H31BrN4O3S/c1-32-20-5-4-12-30(14-20)11-3-2-10-28-25(31)21-13-29-24(27)22-17(16-34-23(21)22)15-33-19-8-6-18(26)7-9-19/h6-9,13,16,20H,2-5,10-12,14-15H2,1H3,(H2,27,29)(H,28,31). The van der Waals surface area contributed by atoms with Gasteiger partial charge >= 0.3 is 0 Å². The van der Waals surface area contributed by atoms with Gasteiger partial charge in [-0.1, -0.05) is 15.9 Å². The second kappa shape index (κ2) is 12.0. The maximum Gasteiger partial charge on any atom is 0.254 e. The van der Waals surface area contributed by atoms with E-state index in [0.717, 1.165) is 64.8 Å². The van der Waals surface area contributed by atoms with E-state index in [2.05, 4.69) is 31.1 Å². The second-order valence-electron chi connectivity index (χ2n) is 8.53. The van der Waals surface area contributed by atoms with Crippen LogP contribution in [-0.2, 0) is 11.3 Å². The van der Waals surface area contributed by atoms with Crippen molar-refractivity contribution < 1.29 is 14.3 Å². The highest BCUT2D eigenvalue weighted by molar-refractivity contribution is 9.10. The SMILES string of the molecule is COC1CCCN(CCCCNC(=O)c2cnc(N)c3c(COc4ccc(Br)cc4)csc23)C1. The number of amides is 1. The fourth-order valence-electron chi connectivity index (χ4n) is 4.26. The molecule has 0 spiro atoms. The van der Waals surface area contributed by atoms with Gasteiger partial charge in [0.25, 0.3) is 5.91 Å². The highest BCUT2D eigenvalue weighted by atomic mass is 79.9. The lowest BCUT2D eigenvalue weighted by molar-refractivity contribution is 0.0309. The van der Waals surface area contributed by atoms with E-state index >= 15 is 0 Å². The molecule has 3 heterocycles. The molecule has 1 aromatic carbocycles. The van der Waals surface area contributed by atoms with Crippen LogP contribution in [0.15, 0.2) is 40.3 Å². The van der Waals surface area contributed by atoms with Crippen molar-refractivity contribution in [3.8, 4) is 5.75 Å². The molecule has 182 valence electrons. The number of nitrogens with one attached hydrogen (secondary N) is 1. The number of thiophene rings is 1. The van der Waals surface area contributed by atoms with Crippen molar-refractivity contribution in [3.63, 3.8) is 0 Å². The van der Waals surface area contributed by atoms with Crippen molar-refractivity contribution in [1.29, 1.82) is 0 Å². The summed E-state index contributed by atoms with van der Waals surface area (Å²) in [6.07, 6.45) is 6.23. The highest BCUT2D eigenvalue weighted by Gasteiger charge is 2.19. The van der Waals surface area contributed by atoms with E-state index in [9.17, 15) is 4.79 Å². The van der Waals surface area contributed by atoms with Gasteiger partial charge in [0.1, 0.15) is 18.2 Å². The number of fused-ring (bicyclic) bond motifs is 1. The summed E-state index contributed by atoms with van der Waals surface area (Å²) in [6.45, 7) is 4.17. The first-order valence-electron chi connectivity index (χ1n) is 11.6. The largest absolute Gasteiger partial charge is 0.489 e. The van der Waals surface area contributed by atoms with E-state index in [-0.39, 0.29) is 5.91 Å². The zero-order valence-electron chi connectivity index (χ0n) is 19.4. The molecular weight excluding hydrogens is 516 g/mol. The maximum absolute atomic E-state index is 12.9. The van der Waals surface area contributed by atoms with Crippen molar-refractivity contribution in [1.82, 2.24) is 15.2 Å². The lowest BCUT2D eigenvalue weighted by Gasteiger charge is -2.31. The smallest absolute Gasteiger partial charge is 0.254 e. The zero-order chi connectivity index (χ0) is 23.9. The first-order valence-corrected chi connectivity index (χ1v) is 13.3. The van der Waals surface area contributed by atoms with Gasteiger partial charge in [0.15, 0.2) is 0 Å². The number of unbranched alkanes of at least 4 members (excludes halogenated alkanes) is 1. The molecule has 7 nitrogen and oxygen atoms in total. The summed E-state index contributed by atoms with van der Waals surface area (Å²) in [5.74, 6) is 1.07. The molecule has 1 fully saturated rings. The minimum Gasteiger partial charge on any atom is -0.489 e. The Balaban J connectivity index is 1.31. The third-order valence-corrected chi connectivity index (χ3v) is 7.73. The summed E-state index contributed by atoms with van der Waals surface area (Å²) in [5, 5.41) is 5.84. The van der Waals surface area contributed by atoms with Crippen molar-refractivity contribution in [2.24, 2.45) is 0 Å². The minimum atomic E-state index is -0.114. The number of hydrogen-bond acceptors (Lipinski definition) is 7. The molecule has 1 unspecified atom stereocenters. The van der Waals surface area contributed by atoms with E-state index in [0.29, 0.717) is 30.6 Å². The first-order chi connectivity index (χ1) is 16.5. The number of carbonyl (C=O) groups excluding carboxylic acids is 1. The molecule has 9 heteroatoms. The van der Waals surface area contributed by atoms with Gasteiger partial charge in [-0.2, -0.15) is 0 Å². The number of hydrogen-bond donors (Lipinski definition) is 2. The number of anilines is 1. The molecule has 34 heavy (non-hydrogen) atoms. The van der Waals surface area contributed by atoms with Crippen LogP contribution in [0.25, 0.3) is 10.1 Å². The highest BCUT2D eigenvalue weighted by Crippen LogP contribution is 2.33. The molecule has 0 aliphatic carbocycles. The van der Waals surface area contributed by atoms with Crippen LogP contribution in [0.2, 0.25) is 0 Å². The summed E-state index contributed by atoms with van der Waals surface area (Å²) in [6, 6.07) is 7.67. The number of pyridine rings is 1. The Kier molecular flexibility index (Phi) is 8.77. The van der Waals surface area contributed by atoms with Crippen LogP contribution in [-0.4, -0.2) is 55.2 Å². The molecule has 3 aromatic rings. The van der Waals surface area contributed by atoms with Crippen LogP contribution in [0.1, 0.15) is 41.6 Å². The van der Waals surface area contributed by atoms with Crippen molar-refractivity contribution in [2.75, 3.05) is 39.0 Å². The number of nitrogen functional groups attached to an aromatic ring is 1. The van der Waals surface area contributed by atoms with E-state index in [1.54, 1.807) is 13.3 Å². The number of piperidine rings is 1. The number of rotatable bonds is 10. The number of nitrogens with two attached hydrogens (primary N) is 1. The molecule has 1 aliphatic rings. The van der Waals surface area contributed by atoms with Crippen molar-refractivity contribution >= 4 is 49.1 Å². The Morgan fingerprint density at radius 1 is 1.32 bits per heavy atom. The Morgan fingerprint density at radius 3 is 2.94 bits per heavy atom. The molecule has 0 bridgehead atoms.